The Labute approximate surface area is 129 Å². The Bertz CT molecular complexity index is 775. The molecule has 2 aromatic heterocycles. The average Bonchev–Trinajstić information content (AvgIpc) is 3.03. The van der Waals surface area contributed by atoms with E-state index in [9.17, 15) is 0 Å². The van der Waals surface area contributed by atoms with E-state index in [-0.39, 0.29) is 0 Å². The van der Waals surface area contributed by atoms with E-state index < -0.39 is 0 Å². The number of hydrogen-bond donors (Lipinski definition) is 1. The molecule has 22 heavy (non-hydrogen) atoms. The van der Waals surface area contributed by atoms with E-state index in [2.05, 4.69) is 39.2 Å². The average molecular weight is 300 g/mol. The van der Waals surface area contributed by atoms with Crippen LogP contribution in [0.15, 0.2) is 22.6 Å². The summed E-state index contributed by atoms with van der Waals surface area (Å²) in [5.41, 5.74) is 3.22. The number of nitrogens with one attached hydrogen (secondary N) is 1. The van der Waals surface area contributed by atoms with Crippen LogP contribution in [-0.4, -0.2) is 46.2 Å². The number of anilines is 1. The number of aromatic nitrogens is 4. The molecule has 0 fully saturated rings. The van der Waals surface area contributed by atoms with Crippen molar-refractivity contribution in [3.8, 4) is 0 Å². The molecule has 116 valence electrons. The van der Waals surface area contributed by atoms with Gasteiger partial charge in [0.2, 0.25) is 5.89 Å². The largest absolute Gasteiger partial charge is 0.407 e. The lowest BCUT2D eigenvalue weighted by molar-refractivity contribution is 0.342. The minimum atomic E-state index is 0.494. The maximum absolute atomic E-state index is 5.64. The van der Waals surface area contributed by atoms with E-state index >= 15 is 0 Å². The molecule has 0 atom stereocenters. The van der Waals surface area contributed by atoms with Gasteiger partial charge in [0.1, 0.15) is 5.82 Å². The summed E-state index contributed by atoms with van der Waals surface area (Å²) >= 11 is 0. The van der Waals surface area contributed by atoms with E-state index in [0.717, 1.165) is 16.9 Å². The number of rotatable bonds is 5. The fourth-order valence-electron chi connectivity index (χ4n) is 2.28. The highest BCUT2D eigenvalue weighted by molar-refractivity contribution is 5.75. The van der Waals surface area contributed by atoms with Crippen LogP contribution in [0.2, 0.25) is 0 Å². The van der Waals surface area contributed by atoms with Crippen LogP contribution in [0.3, 0.4) is 0 Å². The lowest BCUT2D eigenvalue weighted by atomic mass is 10.2. The molecule has 0 saturated carbocycles. The molecule has 7 heteroatoms. The first kappa shape index (κ1) is 14.5. The molecule has 0 saturated heterocycles. The first-order valence-corrected chi connectivity index (χ1v) is 7.15. The second-order valence-electron chi connectivity index (χ2n) is 5.78. The quantitative estimate of drug-likeness (QED) is 0.776. The van der Waals surface area contributed by atoms with Crippen LogP contribution in [-0.2, 0) is 13.1 Å². The number of aryl methyl sites for hydroxylation is 1. The summed E-state index contributed by atoms with van der Waals surface area (Å²) in [6.45, 7) is 3.28. The summed E-state index contributed by atoms with van der Waals surface area (Å²) in [5, 5.41) is 8.12. The molecule has 0 amide bonds. The Morgan fingerprint density at radius 1 is 1.14 bits per heavy atom. The summed E-state index contributed by atoms with van der Waals surface area (Å²) in [6.07, 6.45) is 0. The molecule has 2 heterocycles. The summed E-state index contributed by atoms with van der Waals surface area (Å²) < 4.78 is 5.64. The number of imidazole rings is 1. The van der Waals surface area contributed by atoms with Crippen molar-refractivity contribution >= 4 is 17.0 Å². The normalized spacial score (nSPS) is 11.5. The molecule has 0 aliphatic carbocycles. The third-order valence-corrected chi connectivity index (χ3v) is 3.31. The van der Waals surface area contributed by atoms with Gasteiger partial charge >= 0.3 is 6.01 Å². The van der Waals surface area contributed by atoms with Gasteiger partial charge < -0.3 is 19.2 Å². The maximum atomic E-state index is 5.64. The molecule has 0 aliphatic rings. The van der Waals surface area contributed by atoms with Gasteiger partial charge in [0, 0.05) is 7.05 Å². The molecule has 0 radical (unpaired) electrons. The van der Waals surface area contributed by atoms with Crippen LogP contribution < -0.4 is 4.90 Å². The zero-order valence-electron chi connectivity index (χ0n) is 13.3. The van der Waals surface area contributed by atoms with E-state index in [1.807, 2.05) is 37.0 Å². The standard InChI is InChI=1S/C15H20N6O/c1-10-5-6-11-12(7-10)17-13(16-11)8-21(4)15-19-18-14(22-15)9-20(2)3/h5-7H,8-9H2,1-4H3,(H,16,17). The van der Waals surface area contributed by atoms with Crippen LogP contribution in [0, 0.1) is 6.92 Å². The van der Waals surface area contributed by atoms with Crippen molar-refractivity contribution in [1.29, 1.82) is 0 Å². The van der Waals surface area contributed by atoms with Gasteiger partial charge in [-0.15, -0.1) is 5.10 Å². The van der Waals surface area contributed by atoms with Crippen LogP contribution in [0.25, 0.3) is 11.0 Å². The molecule has 0 bridgehead atoms. The highest BCUT2D eigenvalue weighted by atomic mass is 16.4. The van der Waals surface area contributed by atoms with E-state index in [4.69, 9.17) is 4.42 Å². The van der Waals surface area contributed by atoms with Crippen molar-refractivity contribution < 1.29 is 4.42 Å². The maximum Gasteiger partial charge on any atom is 0.318 e. The molecule has 3 rings (SSSR count). The Morgan fingerprint density at radius 2 is 1.95 bits per heavy atom. The van der Waals surface area contributed by atoms with Gasteiger partial charge in [-0.3, -0.25) is 0 Å². The summed E-state index contributed by atoms with van der Waals surface area (Å²) in [4.78, 5) is 11.8. The SMILES string of the molecule is Cc1ccc2nc(CN(C)c3nnc(CN(C)C)o3)[nH]c2c1. The zero-order chi connectivity index (χ0) is 15.7. The Kier molecular flexibility index (Phi) is 3.81. The van der Waals surface area contributed by atoms with Gasteiger partial charge in [-0.05, 0) is 38.7 Å². The zero-order valence-corrected chi connectivity index (χ0v) is 13.3. The van der Waals surface area contributed by atoms with Crippen molar-refractivity contribution in [3.05, 3.63) is 35.5 Å². The second-order valence-corrected chi connectivity index (χ2v) is 5.78. The molecule has 0 aliphatic heterocycles. The van der Waals surface area contributed by atoms with E-state index in [0.29, 0.717) is 25.0 Å². The van der Waals surface area contributed by atoms with Crippen molar-refractivity contribution in [2.75, 3.05) is 26.0 Å². The first-order chi connectivity index (χ1) is 10.5. The highest BCUT2D eigenvalue weighted by Gasteiger charge is 2.13. The van der Waals surface area contributed by atoms with Crippen molar-refractivity contribution in [2.24, 2.45) is 0 Å². The number of nitrogens with zero attached hydrogens (tertiary/aromatic N) is 5. The smallest absolute Gasteiger partial charge is 0.318 e. The molecule has 1 N–H and O–H groups in total. The Morgan fingerprint density at radius 3 is 2.73 bits per heavy atom. The predicted molar refractivity (Wildman–Crippen MR) is 84.6 cm³/mol. The van der Waals surface area contributed by atoms with E-state index in [1.165, 1.54) is 5.56 Å². The summed E-state index contributed by atoms with van der Waals surface area (Å²) in [6, 6.07) is 6.66. The first-order valence-electron chi connectivity index (χ1n) is 7.15. The number of fused-ring (bicyclic) bond motifs is 1. The van der Waals surface area contributed by atoms with Crippen LogP contribution in [0.4, 0.5) is 6.01 Å². The summed E-state index contributed by atoms with van der Waals surface area (Å²) in [5.74, 6) is 1.47. The van der Waals surface area contributed by atoms with Gasteiger partial charge in [-0.1, -0.05) is 11.2 Å². The topological polar surface area (TPSA) is 74.1 Å². The third-order valence-electron chi connectivity index (χ3n) is 3.31. The lowest BCUT2D eigenvalue weighted by Crippen LogP contribution is -2.17. The minimum Gasteiger partial charge on any atom is -0.407 e. The minimum absolute atomic E-state index is 0.494. The summed E-state index contributed by atoms with van der Waals surface area (Å²) in [7, 11) is 5.83. The molecule has 7 nitrogen and oxygen atoms in total. The van der Waals surface area contributed by atoms with E-state index in [1.54, 1.807) is 0 Å². The Hall–Kier alpha value is -2.41. The molecule has 3 aromatic rings. The predicted octanol–water partition coefficient (Wildman–Crippen LogP) is 1.95. The molecule has 0 unspecified atom stereocenters. The fraction of sp³-hybridized carbons (Fsp3) is 0.400. The number of hydrogen-bond acceptors (Lipinski definition) is 6. The van der Waals surface area contributed by atoms with Gasteiger partial charge in [0.15, 0.2) is 0 Å². The Balaban J connectivity index is 1.74. The molecular weight excluding hydrogens is 280 g/mol. The van der Waals surface area contributed by atoms with Crippen LogP contribution in [0.1, 0.15) is 17.3 Å². The fourth-order valence-corrected chi connectivity index (χ4v) is 2.28. The lowest BCUT2D eigenvalue weighted by Gasteiger charge is -2.11. The van der Waals surface area contributed by atoms with Crippen LogP contribution in [0.5, 0.6) is 0 Å². The van der Waals surface area contributed by atoms with Gasteiger partial charge in [0.05, 0.1) is 24.1 Å². The molecule has 0 spiro atoms. The number of benzene rings is 1. The monoisotopic (exact) mass is 300 g/mol. The van der Waals surface area contributed by atoms with Crippen LogP contribution >= 0.6 is 0 Å². The van der Waals surface area contributed by atoms with Crippen molar-refractivity contribution in [1.82, 2.24) is 25.1 Å². The van der Waals surface area contributed by atoms with Gasteiger partial charge in [-0.2, -0.15) is 0 Å². The van der Waals surface area contributed by atoms with Gasteiger partial charge in [0.25, 0.3) is 0 Å². The number of aromatic amines is 1. The third kappa shape index (κ3) is 3.09. The molecule has 1 aromatic carbocycles. The highest BCUT2D eigenvalue weighted by Crippen LogP contribution is 2.17. The van der Waals surface area contributed by atoms with Gasteiger partial charge in [-0.25, -0.2) is 4.98 Å². The second kappa shape index (κ2) is 5.76. The molecular formula is C15H20N6O. The van der Waals surface area contributed by atoms with Crippen molar-refractivity contribution in [2.45, 2.75) is 20.0 Å². The number of H-pyrrole nitrogens is 1. The van der Waals surface area contributed by atoms with Crippen molar-refractivity contribution in [3.63, 3.8) is 0 Å².